The first kappa shape index (κ1) is 16.4. The minimum Gasteiger partial charge on any atom is -0.340 e. The largest absolute Gasteiger partial charge is 0.340 e. The Labute approximate surface area is 149 Å². The summed E-state index contributed by atoms with van der Waals surface area (Å²) in [6.45, 7) is 3.00. The first-order valence-electron chi connectivity index (χ1n) is 8.58. The lowest BCUT2D eigenvalue weighted by Gasteiger charge is -2.31. The predicted octanol–water partition coefficient (Wildman–Crippen LogP) is 1.64. The molecule has 3 aromatic rings. The van der Waals surface area contributed by atoms with Crippen LogP contribution in [0.5, 0.6) is 0 Å². The van der Waals surface area contributed by atoms with E-state index in [4.69, 9.17) is 4.52 Å². The maximum absolute atomic E-state index is 12.9. The van der Waals surface area contributed by atoms with Gasteiger partial charge in [0.25, 0.3) is 11.5 Å². The molecule has 26 heavy (non-hydrogen) atoms. The summed E-state index contributed by atoms with van der Waals surface area (Å²) in [5.74, 6) is 1.20. The van der Waals surface area contributed by atoms with Gasteiger partial charge >= 0.3 is 0 Å². The molecule has 1 amide bonds. The maximum Gasteiger partial charge on any atom is 0.260 e. The zero-order chi connectivity index (χ0) is 18.3. The lowest BCUT2D eigenvalue weighted by Crippen LogP contribution is -2.39. The lowest BCUT2D eigenvalue weighted by molar-refractivity contribution is 0.0703. The predicted molar refractivity (Wildman–Crippen MR) is 93.9 cm³/mol. The van der Waals surface area contributed by atoms with Gasteiger partial charge in [0, 0.05) is 38.5 Å². The Morgan fingerprint density at radius 3 is 2.96 bits per heavy atom. The number of benzene rings is 1. The van der Waals surface area contributed by atoms with Crippen LogP contribution in [0.15, 0.2) is 33.8 Å². The molecule has 1 aliphatic heterocycles. The van der Waals surface area contributed by atoms with E-state index in [1.165, 1.54) is 10.9 Å². The van der Waals surface area contributed by atoms with Crippen LogP contribution >= 0.6 is 0 Å². The molecule has 1 aliphatic rings. The first-order chi connectivity index (χ1) is 12.5. The SMILES string of the molecule is Cc1nc([C@@H]2CCCN(C(=O)c3ccc4c(=O)n(C)cnc4c3)C2)no1. The van der Waals surface area contributed by atoms with Crippen molar-refractivity contribution in [3.8, 4) is 0 Å². The second kappa shape index (κ2) is 6.36. The fraction of sp³-hybridized carbons (Fsp3) is 0.389. The third-order valence-corrected chi connectivity index (χ3v) is 4.78. The van der Waals surface area contributed by atoms with Gasteiger partial charge in [0.15, 0.2) is 5.82 Å². The number of likely N-dealkylation sites (tertiary alicyclic amines) is 1. The molecule has 1 aromatic carbocycles. The summed E-state index contributed by atoms with van der Waals surface area (Å²) in [5, 5.41) is 4.50. The molecule has 3 heterocycles. The van der Waals surface area contributed by atoms with E-state index >= 15 is 0 Å². The second-order valence-electron chi connectivity index (χ2n) is 6.65. The number of carbonyl (C=O) groups is 1. The summed E-state index contributed by atoms with van der Waals surface area (Å²) < 4.78 is 6.49. The molecule has 0 N–H and O–H groups in total. The highest BCUT2D eigenvalue weighted by molar-refractivity contribution is 5.97. The molecule has 134 valence electrons. The van der Waals surface area contributed by atoms with Crippen LogP contribution in [-0.4, -0.2) is 43.6 Å². The van der Waals surface area contributed by atoms with Gasteiger partial charge in [-0.2, -0.15) is 4.98 Å². The van der Waals surface area contributed by atoms with Crippen molar-refractivity contribution >= 4 is 16.8 Å². The van der Waals surface area contributed by atoms with Crippen LogP contribution in [0.2, 0.25) is 0 Å². The molecule has 0 bridgehead atoms. The van der Waals surface area contributed by atoms with Gasteiger partial charge in [0.05, 0.1) is 17.2 Å². The van der Waals surface area contributed by atoms with Crippen LogP contribution in [0.3, 0.4) is 0 Å². The fourth-order valence-corrected chi connectivity index (χ4v) is 3.38. The van der Waals surface area contributed by atoms with Gasteiger partial charge in [0.2, 0.25) is 5.89 Å². The zero-order valence-corrected chi connectivity index (χ0v) is 14.7. The average molecular weight is 353 g/mol. The lowest BCUT2D eigenvalue weighted by atomic mass is 9.96. The standard InChI is InChI=1S/C18H19N5O3/c1-11-20-16(21-26-11)13-4-3-7-23(9-13)17(24)12-5-6-14-15(8-12)19-10-22(2)18(14)25/h5-6,8,10,13H,3-4,7,9H2,1-2H3/t13-/m1/s1. The maximum atomic E-state index is 12.9. The van der Waals surface area contributed by atoms with Crippen molar-refractivity contribution in [2.24, 2.45) is 7.05 Å². The number of fused-ring (bicyclic) bond motifs is 1. The van der Waals surface area contributed by atoms with E-state index in [2.05, 4.69) is 15.1 Å². The van der Waals surface area contributed by atoms with Gasteiger partial charge < -0.3 is 14.0 Å². The Hall–Kier alpha value is -3.03. The van der Waals surface area contributed by atoms with Crippen LogP contribution in [0.1, 0.15) is 40.8 Å². The molecular weight excluding hydrogens is 334 g/mol. The van der Waals surface area contributed by atoms with E-state index in [1.54, 1.807) is 32.2 Å². The molecule has 1 fully saturated rings. The quantitative estimate of drug-likeness (QED) is 0.695. The number of hydrogen-bond acceptors (Lipinski definition) is 6. The van der Waals surface area contributed by atoms with Crippen molar-refractivity contribution in [3.63, 3.8) is 0 Å². The Bertz CT molecular complexity index is 1040. The molecule has 2 aromatic heterocycles. The second-order valence-corrected chi connectivity index (χ2v) is 6.65. The van der Waals surface area contributed by atoms with Gasteiger partial charge in [0.1, 0.15) is 0 Å². The van der Waals surface area contributed by atoms with E-state index in [0.29, 0.717) is 41.3 Å². The van der Waals surface area contributed by atoms with Crippen LogP contribution < -0.4 is 5.56 Å². The summed E-state index contributed by atoms with van der Waals surface area (Å²) in [4.78, 5) is 35.4. The highest BCUT2D eigenvalue weighted by Crippen LogP contribution is 2.26. The molecule has 0 spiro atoms. The molecule has 1 saturated heterocycles. The van der Waals surface area contributed by atoms with E-state index in [1.807, 2.05) is 4.90 Å². The summed E-state index contributed by atoms with van der Waals surface area (Å²) in [6, 6.07) is 5.04. The van der Waals surface area contributed by atoms with Crippen LogP contribution in [-0.2, 0) is 7.05 Å². The zero-order valence-electron chi connectivity index (χ0n) is 14.7. The van der Waals surface area contributed by atoms with Crippen molar-refractivity contribution in [3.05, 3.63) is 52.2 Å². The summed E-state index contributed by atoms with van der Waals surface area (Å²) in [5.41, 5.74) is 0.934. The summed E-state index contributed by atoms with van der Waals surface area (Å²) >= 11 is 0. The van der Waals surface area contributed by atoms with Gasteiger partial charge in [-0.1, -0.05) is 5.16 Å². The van der Waals surface area contributed by atoms with Gasteiger partial charge in [-0.15, -0.1) is 0 Å². The van der Waals surface area contributed by atoms with Crippen molar-refractivity contribution in [1.82, 2.24) is 24.6 Å². The first-order valence-corrected chi connectivity index (χ1v) is 8.58. The molecular formula is C18H19N5O3. The van der Waals surface area contributed by atoms with Crippen LogP contribution in [0, 0.1) is 6.92 Å². The molecule has 8 nitrogen and oxygen atoms in total. The van der Waals surface area contributed by atoms with E-state index < -0.39 is 0 Å². The van der Waals surface area contributed by atoms with Gasteiger partial charge in [-0.25, -0.2) is 4.98 Å². The number of aryl methyl sites for hydroxylation is 2. The highest BCUT2D eigenvalue weighted by Gasteiger charge is 2.28. The van der Waals surface area contributed by atoms with Crippen molar-refractivity contribution in [2.75, 3.05) is 13.1 Å². The van der Waals surface area contributed by atoms with Gasteiger partial charge in [-0.05, 0) is 31.0 Å². The molecule has 1 atom stereocenters. The van der Waals surface area contributed by atoms with E-state index in [-0.39, 0.29) is 17.4 Å². The summed E-state index contributed by atoms with van der Waals surface area (Å²) in [6.07, 6.45) is 3.28. The average Bonchev–Trinajstić information content (AvgIpc) is 3.10. The number of carbonyl (C=O) groups excluding carboxylic acids is 1. The Balaban J connectivity index is 1.59. The molecule has 4 rings (SSSR count). The van der Waals surface area contributed by atoms with Crippen molar-refractivity contribution in [2.45, 2.75) is 25.7 Å². The Morgan fingerprint density at radius 2 is 2.19 bits per heavy atom. The molecule has 0 saturated carbocycles. The minimum absolute atomic E-state index is 0.0701. The number of rotatable bonds is 2. The normalized spacial score (nSPS) is 17.6. The molecule has 8 heteroatoms. The Kier molecular flexibility index (Phi) is 4.02. The monoisotopic (exact) mass is 353 g/mol. The topological polar surface area (TPSA) is 94.1 Å². The number of piperidine rings is 1. The number of amides is 1. The van der Waals surface area contributed by atoms with Crippen LogP contribution in [0.25, 0.3) is 10.9 Å². The summed E-state index contributed by atoms with van der Waals surface area (Å²) in [7, 11) is 1.65. The van der Waals surface area contributed by atoms with Crippen LogP contribution in [0.4, 0.5) is 0 Å². The smallest absolute Gasteiger partial charge is 0.260 e. The number of nitrogens with zero attached hydrogens (tertiary/aromatic N) is 5. The molecule has 0 radical (unpaired) electrons. The molecule has 0 aliphatic carbocycles. The van der Waals surface area contributed by atoms with Crippen molar-refractivity contribution in [1.29, 1.82) is 0 Å². The molecule has 0 unspecified atom stereocenters. The third kappa shape index (κ3) is 2.87. The number of aromatic nitrogens is 4. The third-order valence-electron chi connectivity index (χ3n) is 4.78. The van der Waals surface area contributed by atoms with Gasteiger partial charge in [-0.3, -0.25) is 9.59 Å². The van der Waals surface area contributed by atoms with E-state index in [0.717, 1.165) is 12.8 Å². The fourth-order valence-electron chi connectivity index (χ4n) is 3.38. The minimum atomic E-state index is -0.125. The van der Waals surface area contributed by atoms with Crippen molar-refractivity contribution < 1.29 is 9.32 Å². The Morgan fingerprint density at radius 1 is 1.35 bits per heavy atom. The highest BCUT2D eigenvalue weighted by atomic mass is 16.5. The van der Waals surface area contributed by atoms with E-state index in [9.17, 15) is 9.59 Å². The number of hydrogen-bond donors (Lipinski definition) is 0.